The third-order valence-corrected chi connectivity index (χ3v) is 2.47. The fourth-order valence-corrected chi connectivity index (χ4v) is 1.60. The molecule has 2 rings (SSSR count). The highest BCUT2D eigenvalue weighted by Crippen LogP contribution is 2.16. The van der Waals surface area contributed by atoms with Crippen molar-refractivity contribution in [1.82, 2.24) is 0 Å². The molecule has 1 heterocycles. The van der Waals surface area contributed by atoms with Crippen LogP contribution in [0, 0.1) is 0 Å². The van der Waals surface area contributed by atoms with Gasteiger partial charge in [0.2, 0.25) is 0 Å². The Morgan fingerprint density at radius 3 is 2.60 bits per heavy atom. The zero-order valence-corrected chi connectivity index (χ0v) is 8.61. The van der Waals surface area contributed by atoms with E-state index >= 15 is 0 Å². The zero-order chi connectivity index (χ0) is 10.7. The zero-order valence-electron chi connectivity index (χ0n) is 8.61. The standard InChI is InChI=1S/C13H14N2/c1-10(14)13-4-2-11(3-5-13)8-12-6-7-15-9-12/h2-5,7,9H,1,6,8,14H2. The van der Waals surface area contributed by atoms with Gasteiger partial charge in [0, 0.05) is 24.5 Å². The Hall–Kier alpha value is -1.83. The quantitative estimate of drug-likeness (QED) is 0.796. The van der Waals surface area contributed by atoms with Gasteiger partial charge in [-0.15, -0.1) is 0 Å². The number of hydrogen-bond acceptors (Lipinski definition) is 2. The number of nitrogens with two attached hydrogens (primary N) is 1. The average molecular weight is 198 g/mol. The van der Waals surface area contributed by atoms with Crippen molar-refractivity contribution in [2.75, 3.05) is 0 Å². The van der Waals surface area contributed by atoms with Gasteiger partial charge >= 0.3 is 0 Å². The first-order chi connectivity index (χ1) is 7.25. The fraction of sp³-hybridized carbons (Fsp3) is 0.154. The van der Waals surface area contributed by atoms with Crippen LogP contribution < -0.4 is 5.73 Å². The van der Waals surface area contributed by atoms with Gasteiger partial charge < -0.3 is 5.73 Å². The summed E-state index contributed by atoms with van der Waals surface area (Å²) in [5, 5.41) is 0. The lowest BCUT2D eigenvalue weighted by Crippen LogP contribution is -1.94. The van der Waals surface area contributed by atoms with Crippen molar-refractivity contribution in [2.45, 2.75) is 12.8 Å². The maximum absolute atomic E-state index is 5.60. The van der Waals surface area contributed by atoms with Crippen molar-refractivity contribution < 1.29 is 0 Å². The predicted octanol–water partition coefficient (Wildman–Crippen LogP) is 2.52. The van der Waals surface area contributed by atoms with Crippen LogP contribution in [0.3, 0.4) is 0 Å². The lowest BCUT2D eigenvalue weighted by atomic mass is 10.0. The van der Waals surface area contributed by atoms with Crippen LogP contribution in [0.2, 0.25) is 0 Å². The van der Waals surface area contributed by atoms with E-state index in [1.165, 1.54) is 11.1 Å². The van der Waals surface area contributed by atoms with E-state index in [-0.39, 0.29) is 0 Å². The van der Waals surface area contributed by atoms with Gasteiger partial charge in [0.1, 0.15) is 0 Å². The second-order valence-electron chi connectivity index (χ2n) is 3.72. The molecule has 2 nitrogen and oxygen atoms in total. The molecule has 15 heavy (non-hydrogen) atoms. The molecule has 0 aliphatic carbocycles. The Kier molecular flexibility index (Phi) is 2.68. The summed E-state index contributed by atoms with van der Waals surface area (Å²) in [4.78, 5) is 4.09. The molecule has 76 valence electrons. The maximum Gasteiger partial charge on any atom is 0.0314 e. The highest BCUT2D eigenvalue weighted by atomic mass is 14.7. The van der Waals surface area contributed by atoms with Crippen LogP contribution in [0.1, 0.15) is 17.5 Å². The van der Waals surface area contributed by atoms with Crippen molar-refractivity contribution in [3.05, 3.63) is 53.7 Å². The molecular weight excluding hydrogens is 184 g/mol. The first-order valence-electron chi connectivity index (χ1n) is 4.99. The summed E-state index contributed by atoms with van der Waals surface area (Å²) in [5.41, 5.74) is 9.86. The number of hydrogen-bond donors (Lipinski definition) is 1. The number of benzene rings is 1. The van der Waals surface area contributed by atoms with Gasteiger partial charge in [-0.05, 0) is 23.1 Å². The average Bonchev–Trinajstić information content (AvgIpc) is 2.71. The summed E-state index contributed by atoms with van der Waals surface area (Å²) in [6.45, 7) is 3.70. The number of aliphatic imine (C=N–C) groups is 1. The Balaban J connectivity index is 2.07. The summed E-state index contributed by atoms with van der Waals surface area (Å²) in [5.74, 6) is 0. The highest BCUT2D eigenvalue weighted by molar-refractivity contribution is 5.66. The van der Waals surface area contributed by atoms with Crippen LogP contribution >= 0.6 is 0 Å². The lowest BCUT2D eigenvalue weighted by Gasteiger charge is -2.04. The summed E-state index contributed by atoms with van der Waals surface area (Å²) >= 11 is 0. The number of rotatable bonds is 3. The van der Waals surface area contributed by atoms with Gasteiger partial charge in [0.25, 0.3) is 0 Å². The van der Waals surface area contributed by atoms with E-state index in [0.717, 1.165) is 18.4 Å². The smallest absolute Gasteiger partial charge is 0.0314 e. The molecular formula is C13H14N2. The second-order valence-corrected chi connectivity index (χ2v) is 3.72. The van der Waals surface area contributed by atoms with Crippen molar-refractivity contribution in [3.8, 4) is 0 Å². The van der Waals surface area contributed by atoms with E-state index in [9.17, 15) is 0 Å². The molecule has 0 saturated carbocycles. The summed E-state index contributed by atoms with van der Waals surface area (Å²) in [7, 11) is 0. The van der Waals surface area contributed by atoms with Crippen molar-refractivity contribution >= 4 is 11.9 Å². The van der Waals surface area contributed by atoms with Gasteiger partial charge in [-0.3, -0.25) is 4.99 Å². The number of nitrogens with zero attached hydrogens (tertiary/aromatic N) is 1. The van der Waals surface area contributed by atoms with Crippen LogP contribution in [0.5, 0.6) is 0 Å². The van der Waals surface area contributed by atoms with E-state index in [1.807, 2.05) is 24.5 Å². The summed E-state index contributed by atoms with van der Waals surface area (Å²) in [6, 6.07) is 8.20. The largest absolute Gasteiger partial charge is 0.399 e. The highest BCUT2D eigenvalue weighted by Gasteiger charge is 2.02. The summed E-state index contributed by atoms with van der Waals surface area (Å²) < 4.78 is 0. The van der Waals surface area contributed by atoms with Crippen LogP contribution in [0.15, 0.2) is 47.6 Å². The minimum absolute atomic E-state index is 0.616. The molecule has 0 spiro atoms. The molecule has 0 radical (unpaired) electrons. The normalized spacial score (nSPS) is 14.0. The fourth-order valence-electron chi connectivity index (χ4n) is 1.60. The van der Waals surface area contributed by atoms with Crippen LogP contribution in [-0.4, -0.2) is 6.21 Å². The topological polar surface area (TPSA) is 38.4 Å². The Morgan fingerprint density at radius 1 is 1.33 bits per heavy atom. The van der Waals surface area contributed by atoms with Crippen molar-refractivity contribution in [3.63, 3.8) is 0 Å². The SMILES string of the molecule is C=C(N)c1ccc(CC2=CN=CC2)cc1. The van der Waals surface area contributed by atoms with Gasteiger partial charge in [-0.1, -0.05) is 30.8 Å². The molecule has 0 amide bonds. The molecule has 1 aromatic carbocycles. The van der Waals surface area contributed by atoms with Gasteiger partial charge in [0.05, 0.1) is 0 Å². The molecule has 1 aliphatic heterocycles. The molecule has 0 aromatic heterocycles. The van der Waals surface area contributed by atoms with Gasteiger partial charge in [0.15, 0.2) is 0 Å². The molecule has 0 saturated heterocycles. The maximum atomic E-state index is 5.60. The molecule has 0 atom stereocenters. The summed E-state index contributed by atoms with van der Waals surface area (Å²) in [6.07, 6.45) is 5.82. The van der Waals surface area contributed by atoms with Crippen LogP contribution in [-0.2, 0) is 6.42 Å². The van der Waals surface area contributed by atoms with E-state index in [4.69, 9.17) is 5.73 Å². The van der Waals surface area contributed by atoms with E-state index in [0.29, 0.717) is 5.70 Å². The van der Waals surface area contributed by atoms with Gasteiger partial charge in [-0.25, -0.2) is 0 Å². The third-order valence-electron chi connectivity index (χ3n) is 2.47. The first kappa shape index (κ1) is 9.71. The van der Waals surface area contributed by atoms with Gasteiger partial charge in [-0.2, -0.15) is 0 Å². The second kappa shape index (κ2) is 4.13. The van der Waals surface area contributed by atoms with Crippen molar-refractivity contribution in [1.29, 1.82) is 0 Å². The molecule has 2 heteroatoms. The van der Waals surface area contributed by atoms with Crippen LogP contribution in [0.25, 0.3) is 5.70 Å². The Labute approximate surface area is 89.8 Å². The Bertz CT molecular complexity index is 424. The monoisotopic (exact) mass is 198 g/mol. The first-order valence-corrected chi connectivity index (χ1v) is 4.99. The minimum atomic E-state index is 0.616. The molecule has 0 fully saturated rings. The van der Waals surface area contributed by atoms with E-state index in [2.05, 4.69) is 23.7 Å². The predicted molar refractivity (Wildman–Crippen MR) is 64.6 cm³/mol. The molecule has 1 aliphatic rings. The molecule has 0 bridgehead atoms. The minimum Gasteiger partial charge on any atom is -0.399 e. The molecule has 1 aromatic rings. The van der Waals surface area contributed by atoms with E-state index < -0.39 is 0 Å². The van der Waals surface area contributed by atoms with Crippen LogP contribution in [0.4, 0.5) is 0 Å². The lowest BCUT2D eigenvalue weighted by molar-refractivity contribution is 1.11. The Morgan fingerprint density at radius 2 is 2.07 bits per heavy atom. The van der Waals surface area contributed by atoms with Crippen molar-refractivity contribution in [2.24, 2.45) is 10.7 Å². The molecule has 0 unspecified atom stereocenters. The van der Waals surface area contributed by atoms with E-state index in [1.54, 1.807) is 0 Å². The third kappa shape index (κ3) is 2.34. The number of allylic oxidation sites excluding steroid dienone is 1. The molecule has 2 N–H and O–H groups in total.